The Balaban J connectivity index is 1.27. The largest absolute Gasteiger partial charge is 0.371 e. The number of hydrogen-bond acceptors (Lipinski definition) is 5. The molecule has 1 aromatic heterocycles. The lowest BCUT2D eigenvalue weighted by molar-refractivity contribution is -0.137. The fourth-order valence-electron chi connectivity index (χ4n) is 4.44. The maximum Gasteiger partial charge on any atom is 0.225 e. The number of anilines is 2. The monoisotopic (exact) mass is 416 g/mol. The highest BCUT2D eigenvalue weighted by Crippen LogP contribution is 2.29. The van der Waals surface area contributed by atoms with Crippen LogP contribution < -0.4 is 9.80 Å². The highest BCUT2D eigenvalue weighted by atomic mass is 32.1. The van der Waals surface area contributed by atoms with Gasteiger partial charge in [0.15, 0.2) is 5.13 Å². The molecule has 3 heterocycles. The number of piperidine rings is 2. The summed E-state index contributed by atoms with van der Waals surface area (Å²) in [5.41, 5.74) is 2.12. The van der Waals surface area contributed by atoms with Crippen molar-refractivity contribution < 1.29 is 9.18 Å². The summed E-state index contributed by atoms with van der Waals surface area (Å²) in [5.74, 6) is 0.206. The van der Waals surface area contributed by atoms with Crippen molar-refractivity contribution in [1.82, 2.24) is 9.88 Å². The van der Waals surface area contributed by atoms with Crippen LogP contribution in [0.4, 0.5) is 15.2 Å². The molecule has 0 unspecified atom stereocenters. The molecule has 29 heavy (non-hydrogen) atoms. The van der Waals surface area contributed by atoms with E-state index in [1.54, 1.807) is 11.3 Å². The highest BCUT2D eigenvalue weighted by Gasteiger charge is 2.32. The number of rotatable bonds is 4. The van der Waals surface area contributed by atoms with E-state index in [-0.39, 0.29) is 11.7 Å². The zero-order valence-electron chi connectivity index (χ0n) is 17.2. The van der Waals surface area contributed by atoms with Crippen molar-refractivity contribution in [3.05, 3.63) is 41.2 Å². The molecule has 2 aliphatic rings. The molecule has 2 aliphatic heterocycles. The Bertz CT molecular complexity index is 824. The molecule has 5 nitrogen and oxygen atoms in total. The van der Waals surface area contributed by atoms with Gasteiger partial charge in [-0.05, 0) is 56.9 Å². The first-order valence-electron chi connectivity index (χ1n) is 10.5. The summed E-state index contributed by atoms with van der Waals surface area (Å²) >= 11 is 1.69. The third-order valence-corrected chi connectivity index (χ3v) is 7.29. The lowest BCUT2D eigenvalue weighted by atomic mass is 9.93. The first kappa shape index (κ1) is 20.1. The van der Waals surface area contributed by atoms with Gasteiger partial charge in [-0.2, -0.15) is 0 Å². The second-order valence-corrected chi connectivity index (χ2v) is 9.01. The third kappa shape index (κ3) is 4.55. The number of carbonyl (C=O) groups is 1. The summed E-state index contributed by atoms with van der Waals surface area (Å²) in [6.07, 6.45) is 3.71. The Hall–Kier alpha value is -2.15. The fraction of sp³-hybridized carbons (Fsp3) is 0.545. The summed E-state index contributed by atoms with van der Waals surface area (Å²) in [6.45, 7) is 5.62. The van der Waals surface area contributed by atoms with Gasteiger partial charge in [-0.25, -0.2) is 9.37 Å². The Morgan fingerprint density at radius 1 is 1.07 bits per heavy atom. The number of carbonyl (C=O) groups excluding carboxylic acids is 1. The molecule has 2 aromatic rings. The molecule has 2 saturated heterocycles. The van der Waals surface area contributed by atoms with Crippen molar-refractivity contribution >= 4 is 28.1 Å². The van der Waals surface area contributed by atoms with Gasteiger partial charge in [0.25, 0.3) is 0 Å². The van der Waals surface area contributed by atoms with Crippen molar-refractivity contribution in [2.45, 2.75) is 38.6 Å². The zero-order chi connectivity index (χ0) is 20.4. The summed E-state index contributed by atoms with van der Waals surface area (Å²) < 4.78 is 13.1. The molecule has 7 heteroatoms. The van der Waals surface area contributed by atoms with E-state index in [2.05, 4.69) is 20.2 Å². The van der Waals surface area contributed by atoms with Crippen molar-refractivity contribution in [2.24, 2.45) is 5.92 Å². The number of aromatic nitrogens is 1. The second-order valence-electron chi connectivity index (χ2n) is 8.18. The number of amides is 1. The van der Waals surface area contributed by atoms with E-state index in [0.29, 0.717) is 11.9 Å². The zero-order valence-corrected chi connectivity index (χ0v) is 18.0. The van der Waals surface area contributed by atoms with Gasteiger partial charge in [0, 0.05) is 56.3 Å². The van der Waals surface area contributed by atoms with Crippen LogP contribution in [0.1, 0.15) is 31.4 Å². The maximum absolute atomic E-state index is 13.1. The summed E-state index contributed by atoms with van der Waals surface area (Å²) in [7, 11) is 1.97. The number of nitrogens with zero attached hydrogens (tertiary/aromatic N) is 4. The van der Waals surface area contributed by atoms with E-state index in [9.17, 15) is 9.18 Å². The van der Waals surface area contributed by atoms with Gasteiger partial charge in [-0.15, -0.1) is 11.3 Å². The highest BCUT2D eigenvalue weighted by molar-refractivity contribution is 7.13. The molecule has 2 fully saturated rings. The standard InChI is InChI=1S/C22H29FN4OS/c1-16-15-29-22(24-16)27-11-7-17(8-12-27)21(28)25(2)19-9-13-26(14-10-19)20-5-3-18(23)4-6-20/h3-6,15,17,19H,7-14H2,1-2H3. The molecule has 1 aromatic carbocycles. The SMILES string of the molecule is Cc1csc(N2CCC(C(=O)N(C)C3CCN(c4ccc(F)cc4)CC3)CC2)n1. The molecule has 0 bridgehead atoms. The minimum Gasteiger partial charge on any atom is -0.371 e. The smallest absolute Gasteiger partial charge is 0.225 e. The van der Waals surface area contributed by atoms with Crippen LogP contribution in [0.25, 0.3) is 0 Å². The number of thiazole rings is 1. The van der Waals surface area contributed by atoms with Gasteiger partial charge >= 0.3 is 0 Å². The van der Waals surface area contributed by atoms with Crippen molar-refractivity contribution in [1.29, 1.82) is 0 Å². The average molecular weight is 417 g/mol. The van der Waals surface area contributed by atoms with Crippen LogP contribution in [0, 0.1) is 18.7 Å². The Kier molecular flexibility index (Phi) is 6.04. The maximum atomic E-state index is 13.1. The van der Waals surface area contributed by atoms with Crippen molar-refractivity contribution in [2.75, 3.05) is 43.0 Å². The minimum absolute atomic E-state index is 0.118. The quantitative estimate of drug-likeness (QED) is 0.757. The molecule has 0 aliphatic carbocycles. The lowest BCUT2D eigenvalue weighted by Crippen LogP contribution is -2.49. The molecule has 0 spiro atoms. The molecule has 156 valence electrons. The topological polar surface area (TPSA) is 39.7 Å². The van der Waals surface area contributed by atoms with Gasteiger partial charge in [0.1, 0.15) is 5.82 Å². The predicted octanol–water partition coefficient (Wildman–Crippen LogP) is 3.93. The van der Waals surface area contributed by atoms with E-state index in [1.807, 2.05) is 31.0 Å². The molecular formula is C22H29FN4OS. The molecule has 0 radical (unpaired) electrons. The number of halogens is 1. The van der Waals surface area contributed by atoms with Crippen LogP contribution in [0.3, 0.4) is 0 Å². The molecule has 0 atom stereocenters. The van der Waals surface area contributed by atoms with E-state index in [1.165, 1.54) is 12.1 Å². The predicted molar refractivity (Wildman–Crippen MR) is 116 cm³/mol. The Morgan fingerprint density at radius 2 is 1.69 bits per heavy atom. The van der Waals surface area contributed by atoms with Gasteiger partial charge < -0.3 is 14.7 Å². The summed E-state index contributed by atoms with van der Waals surface area (Å²) in [5, 5.41) is 3.16. The van der Waals surface area contributed by atoms with E-state index in [0.717, 1.165) is 68.4 Å². The van der Waals surface area contributed by atoms with Gasteiger partial charge in [-0.1, -0.05) is 0 Å². The lowest BCUT2D eigenvalue weighted by Gasteiger charge is -2.40. The minimum atomic E-state index is -0.204. The normalized spacial score (nSPS) is 18.9. The number of hydrogen-bond donors (Lipinski definition) is 0. The Labute approximate surface area is 176 Å². The van der Waals surface area contributed by atoms with Crippen LogP contribution in [0.15, 0.2) is 29.6 Å². The molecule has 0 saturated carbocycles. The fourth-order valence-corrected chi connectivity index (χ4v) is 5.29. The van der Waals surface area contributed by atoms with Crippen LogP contribution in [-0.4, -0.2) is 55.1 Å². The number of aryl methyl sites for hydroxylation is 1. The Morgan fingerprint density at radius 3 is 2.28 bits per heavy atom. The van der Waals surface area contributed by atoms with E-state index >= 15 is 0 Å². The molecule has 1 amide bonds. The first-order valence-corrected chi connectivity index (χ1v) is 11.3. The van der Waals surface area contributed by atoms with E-state index < -0.39 is 0 Å². The van der Waals surface area contributed by atoms with Crippen LogP contribution in [-0.2, 0) is 4.79 Å². The van der Waals surface area contributed by atoms with E-state index in [4.69, 9.17) is 0 Å². The van der Waals surface area contributed by atoms with Crippen molar-refractivity contribution in [3.8, 4) is 0 Å². The average Bonchev–Trinajstić information content (AvgIpc) is 3.20. The van der Waals surface area contributed by atoms with Gasteiger partial charge in [-0.3, -0.25) is 4.79 Å². The van der Waals surface area contributed by atoms with Crippen LogP contribution in [0.5, 0.6) is 0 Å². The molecule has 4 rings (SSSR count). The van der Waals surface area contributed by atoms with Crippen LogP contribution in [0.2, 0.25) is 0 Å². The second kappa shape index (κ2) is 8.69. The summed E-state index contributed by atoms with van der Waals surface area (Å²) in [4.78, 5) is 24.2. The van der Waals surface area contributed by atoms with Gasteiger partial charge in [0.05, 0.1) is 5.69 Å². The number of benzene rings is 1. The van der Waals surface area contributed by atoms with Gasteiger partial charge in [0.2, 0.25) is 5.91 Å². The first-order chi connectivity index (χ1) is 14.0. The summed E-state index contributed by atoms with van der Waals surface area (Å²) in [6, 6.07) is 6.98. The molecule has 0 N–H and O–H groups in total. The van der Waals surface area contributed by atoms with Crippen LogP contribution >= 0.6 is 11.3 Å². The third-order valence-electron chi connectivity index (χ3n) is 6.27. The van der Waals surface area contributed by atoms with Crippen molar-refractivity contribution in [3.63, 3.8) is 0 Å². The molecular weight excluding hydrogens is 387 g/mol.